The normalized spacial score (nSPS) is 25.4. The van der Waals surface area contributed by atoms with Crippen LogP contribution in [0.1, 0.15) is 31.9 Å². The van der Waals surface area contributed by atoms with E-state index in [4.69, 9.17) is 5.73 Å². The lowest BCUT2D eigenvalue weighted by atomic mass is 9.82. The molecule has 1 unspecified atom stereocenters. The third-order valence-electron chi connectivity index (χ3n) is 3.39. The van der Waals surface area contributed by atoms with Crippen LogP contribution in [0.25, 0.3) is 0 Å². The molecule has 0 radical (unpaired) electrons. The SMILES string of the molecule is Cc1cnn(C2CSCCC2(C)C)c1N. The fraction of sp³-hybridized carbons (Fsp3) is 0.727. The van der Waals surface area contributed by atoms with Crippen molar-refractivity contribution in [3.63, 3.8) is 0 Å². The number of nitrogens with zero attached hydrogens (tertiary/aromatic N) is 2. The van der Waals surface area contributed by atoms with Crippen molar-refractivity contribution in [1.82, 2.24) is 9.78 Å². The van der Waals surface area contributed by atoms with Gasteiger partial charge in [-0.1, -0.05) is 13.8 Å². The summed E-state index contributed by atoms with van der Waals surface area (Å²) in [7, 11) is 0. The van der Waals surface area contributed by atoms with Crippen molar-refractivity contribution in [3.8, 4) is 0 Å². The van der Waals surface area contributed by atoms with Crippen molar-refractivity contribution >= 4 is 17.6 Å². The number of thioether (sulfide) groups is 1. The Hall–Kier alpha value is -0.640. The van der Waals surface area contributed by atoms with E-state index in [1.165, 1.54) is 12.2 Å². The molecule has 84 valence electrons. The van der Waals surface area contributed by atoms with Crippen LogP contribution in [0, 0.1) is 12.3 Å². The summed E-state index contributed by atoms with van der Waals surface area (Å²) in [6.07, 6.45) is 3.10. The molecule has 1 aliphatic rings. The molecule has 1 aromatic rings. The Labute approximate surface area is 95.4 Å². The molecule has 1 fully saturated rings. The summed E-state index contributed by atoms with van der Waals surface area (Å²) < 4.78 is 2.02. The molecule has 2 heterocycles. The number of hydrogen-bond acceptors (Lipinski definition) is 3. The molecular weight excluding hydrogens is 206 g/mol. The molecule has 0 aliphatic carbocycles. The number of rotatable bonds is 1. The molecule has 0 amide bonds. The Morgan fingerprint density at radius 3 is 2.87 bits per heavy atom. The molecule has 15 heavy (non-hydrogen) atoms. The first-order valence-electron chi connectivity index (χ1n) is 5.40. The van der Waals surface area contributed by atoms with Crippen LogP contribution in [0.2, 0.25) is 0 Å². The summed E-state index contributed by atoms with van der Waals surface area (Å²) >= 11 is 2.00. The van der Waals surface area contributed by atoms with E-state index < -0.39 is 0 Å². The minimum absolute atomic E-state index is 0.303. The molecule has 1 saturated heterocycles. The topological polar surface area (TPSA) is 43.8 Å². The zero-order valence-corrected chi connectivity index (χ0v) is 10.5. The van der Waals surface area contributed by atoms with Gasteiger partial charge in [0.1, 0.15) is 5.82 Å². The van der Waals surface area contributed by atoms with Gasteiger partial charge in [0.15, 0.2) is 0 Å². The maximum Gasteiger partial charge on any atom is 0.124 e. The van der Waals surface area contributed by atoms with Gasteiger partial charge in [-0.3, -0.25) is 0 Å². The van der Waals surface area contributed by atoms with E-state index in [0.717, 1.165) is 17.1 Å². The van der Waals surface area contributed by atoms with Gasteiger partial charge >= 0.3 is 0 Å². The first-order chi connectivity index (χ1) is 7.02. The van der Waals surface area contributed by atoms with Crippen molar-refractivity contribution in [1.29, 1.82) is 0 Å². The first-order valence-corrected chi connectivity index (χ1v) is 6.55. The van der Waals surface area contributed by atoms with Gasteiger partial charge in [-0.15, -0.1) is 0 Å². The van der Waals surface area contributed by atoms with Crippen LogP contribution in [0.4, 0.5) is 5.82 Å². The molecule has 0 bridgehead atoms. The number of nitrogens with two attached hydrogens (primary N) is 1. The predicted molar refractivity (Wildman–Crippen MR) is 66.1 cm³/mol. The van der Waals surface area contributed by atoms with Crippen molar-refractivity contribution in [3.05, 3.63) is 11.8 Å². The van der Waals surface area contributed by atoms with Gasteiger partial charge in [0.05, 0.1) is 12.2 Å². The fourth-order valence-electron chi connectivity index (χ4n) is 2.03. The second-order valence-electron chi connectivity index (χ2n) is 4.99. The summed E-state index contributed by atoms with van der Waals surface area (Å²) in [6.45, 7) is 6.64. The van der Waals surface area contributed by atoms with Gasteiger partial charge < -0.3 is 5.73 Å². The molecule has 1 aromatic heterocycles. The molecule has 4 heteroatoms. The van der Waals surface area contributed by atoms with Crippen LogP contribution in [0.3, 0.4) is 0 Å². The first kappa shape index (κ1) is 10.9. The van der Waals surface area contributed by atoms with Crippen molar-refractivity contribution < 1.29 is 0 Å². The minimum Gasteiger partial charge on any atom is -0.384 e. The Bertz CT molecular complexity index is 357. The van der Waals surface area contributed by atoms with E-state index in [-0.39, 0.29) is 0 Å². The van der Waals surface area contributed by atoms with Gasteiger partial charge in [0.25, 0.3) is 0 Å². The zero-order chi connectivity index (χ0) is 11.1. The standard InChI is InChI=1S/C11H19N3S/c1-8-6-13-14(10(8)12)9-7-15-5-4-11(9,2)3/h6,9H,4-5,7,12H2,1-3H3. The van der Waals surface area contributed by atoms with E-state index >= 15 is 0 Å². The number of aryl methyl sites for hydroxylation is 1. The lowest BCUT2D eigenvalue weighted by Crippen LogP contribution is -2.34. The number of aromatic nitrogens is 2. The van der Waals surface area contributed by atoms with Crippen molar-refractivity contribution in [2.75, 3.05) is 17.2 Å². The number of nitrogen functional groups attached to an aromatic ring is 1. The van der Waals surface area contributed by atoms with Crippen LogP contribution in [-0.2, 0) is 0 Å². The van der Waals surface area contributed by atoms with Gasteiger partial charge in [-0.05, 0) is 24.5 Å². The Kier molecular flexibility index (Phi) is 2.71. The highest BCUT2D eigenvalue weighted by molar-refractivity contribution is 7.99. The molecule has 1 aliphatic heterocycles. The third kappa shape index (κ3) is 1.87. The van der Waals surface area contributed by atoms with E-state index in [9.17, 15) is 0 Å². The van der Waals surface area contributed by atoms with E-state index in [2.05, 4.69) is 18.9 Å². The molecule has 0 aromatic carbocycles. The molecule has 2 N–H and O–H groups in total. The Morgan fingerprint density at radius 1 is 1.60 bits per heavy atom. The highest BCUT2D eigenvalue weighted by atomic mass is 32.2. The van der Waals surface area contributed by atoms with E-state index in [1.807, 2.05) is 29.6 Å². The summed E-state index contributed by atoms with van der Waals surface area (Å²) in [5, 5.41) is 4.41. The van der Waals surface area contributed by atoms with Gasteiger partial charge in [0, 0.05) is 11.3 Å². The minimum atomic E-state index is 0.303. The Balaban J connectivity index is 2.33. The predicted octanol–water partition coefficient (Wildman–Crippen LogP) is 2.48. The number of anilines is 1. The third-order valence-corrected chi connectivity index (χ3v) is 4.43. The second kappa shape index (κ2) is 3.74. The van der Waals surface area contributed by atoms with Crippen LogP contribution < -0.4 is 5.73 Å². The lowest BCUT2D eigenvalue weighted by Gasteiger charge is -2.38. The quantitative estimate of drug-likeness (QED) is 0.798. The monoisotopic (exact) mass is 225 g/mol. The largest absolute Gasteiger partial charge is 0.384 e. The van der Waals surface area contributed by atoms with Crippen molar-refractivity contribution in [2.45, 2.75) is 33.2 Å². The second-order valence-corrected chi connectivity index (χ2v) is 6.14. The molecule has 0 spiro atoms. The van der Waals surface area contributed by atoms with Gasteiger partial charge in [0.2, 0.25) is 0 Å². The summed E-state index contributed by atoms with van der Waals surface area (Å²) in [5.41, 5.74) is 7.43. The average molecular weight is 225 g/mol. The molecule has 0 saturated carbocycles. The zero-order valence-electron chi connectivity index (χ0n) is 9.66. The maximum atomic E-state index is 6.05. The lowest BCUT2D eigenvalue weighted by molar-refractivity contribution is 0.211. The van der Waals surface area contributed by atoms with E-state index in [1.54, 1.807) is 0 Å². The van der Waals surface area contributed by atoms with Crippen LogP contribution in [0.15, 0.2) is 6.20 Å². The molecule has 3 nitrogen and oxygen atoms in total. The summed E-state index contributed by atoms with van der Waals surface area (Å²) in [5.74, 6) is 3.21. The summed E-state index contributed by atoms with van der Waals surface area (Å²) in [6, 6.07) is 0.435. The van der Waals surface area contributed by atoms with Crippen LogP contribution in [-0.4, -0.2) is 21.3 Å². The highest BCUT2D eigenvalue weighted by Crippen LogP contribution is 2.42. The fourth-order valence-corrected chi connectivity index (χ4v) is 3.68. The Morgan fingerprint density at radius 2 is 2.33 bits per heavy atom. The van der Waals surface area contributed by atoms with Crippen LogP contribution >= 0.6 is 11.8 Å². The molecular formula is C11H19N3S. The van der Waals surface area contributed by atoms with Crippen LogP contribution in [0.5, 0.6) is 0 Å². The van der Waals surface area contributed by atoms with Crippen molar-refractivity contribution in [2.24, 2.45) is 5.41 Å². The molecule has 2 rings (SSSR count). The highest BCUT2D eigenvalue weighted by Gasteiger charge is 2.35. The molecule has 1 atom stereocenters. The average Bonchev–Trinajstić information content (AvgIpc) is 2.48. The maximum absolute atomic E-state index is 6.05. The number of hydrogen-bond donors (Lipinski definition) is 1. The van der Waals surface area contributed by atoms with Gasteiger partial charge in [-0.2, -0.15) is 16.9 Å². The smallest absolute Gasteiger partial charge is 0.124 e. The van der Waals surface area contributed by atoms with E-state index in [0.29, 0.717) is 11.5 Å². The van der Waals surface area contributed by atoms with Gasteiger partial charge in [-0.25, -0.2) is 4.68 Å². The summed E-state index contributed by atoms with van der Waals surface area (Å²) in [4.78, 5) is 0.